The highest BCUT2D eigenvalue weighted by Crippen LogP contribution is 2.08. The van der Waals surface area contributed by atoms with Crippen LogP contribution in [0.2, 0.25) is 0 Å². The average molecular weight is 273 g/mol. The Morgan fingerprint density at radius 1 is 1.11 bits per heavy atom. The van der Waals surface area contributed by atoms with Gasteiger partial charge in [0.25, 0.3) is 0 Å². The molecular weight excluding hydrogens is 250 g/mol. The fourth-order valence-corrected chi connectivity index (χ4v) is 1.11. The first-order chi connectivity index (χ1) is 8.65. The predicted molar refractivity (Wildman–Crippen MR) is 70.6 cm³/mol. The topological polar surface area (TPSA) is 87.7 Å². The fraction of sp³-hybridized carbons (Fsp3) is 0.750. The summed E-state index contributed by atoms with van der Waals surface area (Å²) in [7, 11) is 1.46. The molecule has 0 aromatic carbocycles. The van der Waals surface area contributed by atoms with Gasteiger partial charge in [-0.05, 0) is 27.7 Å². The standard InChI is InChI=1S/C12H23N3O4/c1-6-13-9(16)7-14-10(17)8-15(5)11(18)19-12(2,3)4/h6-8H2,1-5H3,(H,13,16)(H,14,17). The van der Waals surface area contributed by atoms with Crippen LogP contribution in [0.3, 0.4) is 0 Å². The van der Waals surface area contributed by atoms with E-state index in [-0.39, 0.29) is 19.0 Å². The summed E-state index contributed by atoms with van der Waals surface area (Å²) in [6, 6.07) is 0. The van der Waals surface area contributed by atoms with Crippen LogP contribution in [-0.2, 0) is 14.3 Å². The van der Waals surface area contributed by atoms with Gasteiger partial charge in [0.1, 0.15) is 12.1 Å². The first kappa shape index (κ1) is 17.2. The molecule has 0 unspecified atom stereocenters. The van der Waals surface area contributed by atoms with Crippen molar-refractivity contribution in [2.24, 2.45) is 0 Å². The number of hydrogen-bond acceptors (Lipinski definition) is 4. The fourth-order valence-electron chi connectivity index (χ4n) is 1.11. The van der Waals surface area contributed by atoms with Gasteiger partial charge in [-0.1, -0.05) is 0 Å². The van der Waals surface area contributed by atoms with Crippen molar-refractivity contribution in [3.8, 4) is 0 Å². The van der Waals surface area contributed by atoms with E-state index in [4.69, 9.17) is 4.74 Å². The summed E-state index contributed by atoms with van der Waals surface area (Å²) in [5, 5.41) is 4.96. The number of ether oxygens (including phenoxy) is 1. The minimum absolute atomic E-state index is 0.102. The van der Waals surface area contributed by atoms with Crippen molar-refractivity contribution < 1.29 is 19.1 Å². The van der Waals surface area contributed by atoms with E-state index in [2.05, 4.69) is 10.6 Å². The minimum Gasteiger partial charge on any atom is -0.444 e. The van der Waals surface area contributed by atoms with Gasteiger partial charge < -0.3 is 20.3 Å². The van der Waals surface area contributed by atoms with E-state index in [0.717, 1.165) is 4.90 Å². The largest absolute Gasteiger partial charge is 0.444 e. The summed E-state index contributed by atoms with van der Waals surface area (Å²) in [5.41, 5.74) is -0.608. The second kappa shape index (κ2) is 7.60. The number of nitrogens with zero attached hydrogens (tertiary/aromatic N) is 1. The first-order valence-electron chi connectivity index (χ1n) is 6.13. The van der Waals surface area contributed by atoms with Gasteiger partial charge in [0.05, 0.1) is 6.54 Å². The maximum atomic E-state index is 11.6. The molecule has 0 aromatic heterocycles. The zero-order valence-electron chi connectivity index (χ0n) is 12.2. The Hall–Kier alpha value is -1.79. The summed E-state index contributed by atoms with van der Waals surface area (Å²) in [5.74, 6) is -0.685. The van der Waals surface area contributed by atoms with Crippen molar-refractivity contribution in [2.75, 3.05) is 26.7 Å². The molecule has 0 radical (unpaired) electrons. The molecule has 0 spiro atoms. The highest BCUT2D eigenvalue weighted by molar-refractivity contribution is 5.87. The van der Waals surface area contributed by atoms with Crippen molar-refractivity contribution >= 4 is 17.9 Å². The smallest absolute Gasteiger partial charge is 0.410 e. The van der Waals surface area contributed by atoms with Crippen LogP contribution in [-0.4, -0.2) is 55.1 Å². The summed E-state index contributed by atoms with van der Waals surface area (Å²) >= 11 is 0. The lowest BCUT2D eigenvalue weighted by Crippen LogP contribution is -2.43. The second-order valence-corrected chi connectivity index (χ2v) is 5.07. The molecule has 0 aromatic rings. The Bertz CT molecular complexity index is 336. The number of carbonyl (C=O) groups excluding carboxylic acids is 3. The maximum Gasteiger partial charge on any atom is 0.410 e. The molecule has 2 N–H and O–H groups in total. The summed E-state index contributed by atoms with van der Waals surface area (Å²) in [6.45, 7) is 7.27. The molecule has 0 bridgehead atoms. The lowest BCUT2D eigenvalue weighted by Gasteiger charge is -2.24. The Kier molecular flexibility index (Phi) is 6.89. The summed E-state index contributed by atoms with van der Waals surface area (Å²) in [6.07, 6.45) is -0.583. The van der Waals surface area contributed by atoms with Gasteiger partial charge in [0.2, 0.25) is 11.8 Å². The molecule has 0 aliphatic rings. The van der Waals surface area contributed by atoms with Crippen LogP contribution in [0, 0.1) is 0 Å². The Morgan fingerprint density at radius 2 is 1.68 bits per heavy atom. The van der Waals surface area contributed by atoms with Gasteiger partial charge in [-0.2, -0.15) is 0 Å². The molecule has 7 heteroatoms. The molecule has 0 fully saturated rings. The zero-order valence-corrected chi connectivity index (χ0v) is 12.2. The van der Waals surface area contributed by atoms with Crippen LogP contribution in [0.5, 0.6) is 0 Å². The Labute approximate surface area is 113 Å². The first-order valence-corrected chi connectivity index (χ1v) is 6.13. The molecule has 7 nitrogen and oxygen atoms in total. The van der Waals surface area contributed by atoms with E-state index in [1.54, 1.807) is 27.7 Å². The molecule has 0 heterocycles. The van der Waals surface area contributed by atoms with E-state index in [0.29, 0.717) is 6.54 Å². The van der Waals surface area contributed by atoms with Gasteiger partial charge in [-0.3, -0.25) is 9.59 Å². The Morgan fingerprint density at radius 3 is 2.16 bits per heavy atom. The third-order valence-corrected chi connectivity index (χ3v) is 1.91. The van der Waals surface area contributed by atoms with Crippen molar-refractivity contribution in [1.29, 1.82) is 0 Å². The SMILES string of the molecule is CCNC(=O)CNC(=O)CN(C)C(=O)OC(C)(C)C. The van der Waals surface area contributed by atoms with Crippen LogP contribution in [0.15, 0.2) is 0 Å². The third kappa shape index (κ3) is 8.87. The Balaban J connectivity index is 4.05. The molecule has 0 saturated heterocycles. The van der Waals surface area contributed by atoms with E-state index in [1.165, 1.54) is 7.05 Å². The molecular formula is C12H23N3O4. The quantitative estimate of drug-likeness (QED) is 0.744. The number of carbonyl (C=O) groups is 3. The van der Waals surface area contributed by atoms with Crippen molar-refractivity contribution in [3.63, 3.8) is 0 Å². The number of amides is 3. The molecule has 0 aliphatic carbocycles. The molecule has 0 aliphatic heterocycles. The van der Waals surface area contributed by atoms with Crippen molar-refractivity contribution in [1.82, 2.24) is 15.5 Å². The molecule has 3 amide bonds. The van der Waals surface area contributed by atoms with Gasteiger partial charge in [-0.25, -0.2) is 4.79 Å². The zero-order chi connectivity index (χ0) is 15.1. The minimum atomic E-state index is -0.608. The van der Waals surface area contributed by atoms with Gasteiger partial charge in [-0.15, -0.1) is 0 Å². The van der Waals surface area contributed by atoms with Crippen LogP contribution >= 0.6 is 0 Å². The monoisotopic (exact) mass is 273 g/mol. The van der Waals surface area contributed by atoms with E-state index in [1.807, 2.05) is 0 Å². The van der Waals surface area contributed by atoms with Crippen molar-refractivity contribution in [3.05, 3.63) is 0 Å². The van der Waals surface area contributed by atoms with Crippen LogP contribution < -0.4 is 10.6 Å². The number of likely N-dealkylation sites (N-methyl/N-ethyl adjacent to an activating group) is 2. The average Bonchev–Trinajstić information content (AvgIpc) is 2.24. The van der Waals surface area contributed by atoms with Gasteiger partial charge in [0, 0.05) is 13.6 Å². The highest BCUT2D eigenvalue weighted by atomic mass is 16.6. The molecule has 0 rings (SSSR count). The lowest BCUT2D eigenvalue weighted by molar-refractivity contribution is -0.126. The normalized spacial score (nSPS) is 10.6. The van der Waals surface area contributed by atoms with Crippen LogP contribution in [0.25, 0.3) is 0 Å². The summed E-state index contributed by atoms with van der Waals surface area (Å²) in [4.78, 5) is 35.3. The number of hydrogen-bond donors (Lipinski definition) is 2. The molecule has 0 saturated carbocycles. The van der Waals surface area contributed by atoms with Crippen LogP contribution in [0.4, 0.5) is 4.79 Å². The van der Waals surface area contributed by atoms with Gasteiger partial charge >= 0.3 is 6.09 Å². The molecule has 110 valence electrons. The molecule has 19 heavy (non-hydrogen) atoms. The second-order valence-electron chi connectivity index (χ2n) is 5.07. The summed E-state index contributed by atoms with van der Waals surface area (Å²) < 4.78 is 5.09. The maximum absolute atomic E-state index is 11.6. The van der Waals surface area contributed by atoms with Crippen molar-refractivity contribution in [2.45, 2.75) is 33.3 Å². The van der Waals surface area contributed by atoms with Crippen LogP contribution in [0.1, 0.15) is 27.7 Å². The number of rotatable bonds is 5. The third-order valence-electron chi connectivity index (χ3n) is 1.91. The predicted octanol–water partition coefficient (Wildman–Crippen LogP) is 0.106. The lowest BCUT2D eigenvalue weighted by atomic mass is 10.2. The highest BCUT2D eigenvalue weighted by Gasteiger charge is 2.21. The van der Waals surface area contributed by atoms with E-state index in [9.17, 15) is 14.4 Å². The van der Waals surface area contributed by atoms with E-state index < -0.39 is 17.6 Å². The number of nitrogens with one attached hydrogen (secondary N) is 2. The van der Waals surface area contributed by atoms with E-state index >= 15 is 0 Å². The van der Waals surface area contributed by atoms with Gasteiger partial charge in [0.15, 0.2) is 0 Å². The molecule has 0 atom stereocenters.